The van der Waals surface area contributed by atoms with E-state index in [1.807, 2.05) is 60.7 Å². The molecule has 0 unspecified atom stereocenters. The summed E-state index contributed by atoms with van der Waals surface area (Å²) in [7, 11) is 0. The van der Waals surface area contributed by atoms with Crippen LogP contribution < -0.4 is 9.47 Å². The quantitative estimate of drug-likeness (QED) is 0.219. The zero-order chi connectivity index (χ0) is 21.1. The van der Waals surface area contributed by atoms with Gasteiger partial charge >= 0.3 is 11.9 Å². The maximum absolute atomic E-state index is 12.0. The van der Waals surface area contributed by atoms with Gasteiger partial charge in [-0.25, -0.2) is 0 Å². The summed E-state index contributed by atoms with van der Waals surface area (Å²) >= 11 is 11.3. The second kappa shape index (κ2) is 8.74. The van der Waals surface area contributed by atoms with Crippen molar-refractivity contribution in [1.29, 1.82) is 0 Å². The molecule has 0 aliphatic heterocycles. The monoisotopic (exact) mass is 438 g/mol. The van der Waals surface area contributed by atoms with Gasteiger partial charge in [-0.05, 0) is 33.7 Å². The van der Waals surface area contributed by atoms with Crippen LogP contribution in [0.4, 0.5) is 0 Å². The molecule has 0 atom stereocenters. The number of benzene rings is 4. The van der Waals surface area contributed by atoms with Gasteiger partial charge in [0, 0.05) is 11.1 Å². The molecule has 6 heteroatoms. The van der Waals surface area contributed by atoms with Crippen molar-refractivity contribution in [2.24, 2.45) is 0 Å². The summed E-state index contributed by atoms with van der Waals surface area (Å²) < 4.78 is 11.1. The number of alkyl halides is 2. The van der Waals surface area contributed by atoms with Crippen LogP contribution in [-0.2, 0) is 9.59 Å². The molecule has 0 fully saturated rings. The number of hydrogen-bond acceptors (Lipinski definition) is 4. The first-order valence-electron chi connectivity index (χ1n) is 9.19. The SMILES string of the molecule is O=C(CCl)Oc1ccc2ccccc2c1-c1c(OC(=O)CCl)ccc2ccccc12. The van der Waals surface area contributed by atoms with E-state index in [-0.39, 0.29) is 11.8 Å². The second-order valence-electron chi connectivity index (χ2n) is 6.54. The second-order valence-corrected chi connectivity index (χ2v) is 7.07. The number of carbonyl (C=O) groups is 2. The highest BCUT2D eigenvalue weighted by atomic mass is 35.5. The van der Waals surface area contributed by atoms with Crippen molar-refractivity contribution >= 4 is 56.7 Å². The summed E-state index contributed by atoms with van der Waals surface area (Å²) in [6.07, 6.45) is 0. The molecular weight excluding hydrogens is 423 g/mol. The molecule has 0 N–H and O–H groups in total. The Kier molecular flexibility index (Phi) is 5.88. The Morgan fingerprint density at radius 1 is 0.600 bits per heavy atom. The molecule has 0 spiro atoms. The molecule has 0 amide bonds. The minimum atomic E-state index is -0.576. The van der Waals surface area contributed by atoms with Crippen LogP contribution in [-0.4, -0.2) is 23.7 Å². The number of fused-ring (bicyclic) bond motifs is 2. The summed E-state index contributed by atoms with van der Waals surface area (Å²) in [5, 5.41) is 3.58. The fourth-order valence-corrected chi connectivity index (χ4v) is 3.60. The minimum Gasteiger partial charge on any atom is -0.425 e. The van der Waals surface area contributed by atoms with Gasteiger partial charge < -0.3 is 9.47 Å². The first-order valence-corrected chi connectivity index (χ1v) is 10.3. The van der Waals surface area contributed by atoms with E-state index in [1.165, 1.54) is 0 Å². The van der Waals surface area contributed by atoms with Crippen LogP contribution in [0.1, 0.15) is 0 Å². The van der Waals surface area contributed by atoms with Crippen molar-refractivity contribution in [3.05, 3.63) is 72.8 Å². The summed E-state index contributed by atoms with van der Waals surface area (Å²) in [5.74, 6) is -1.05. The number of carbonyl (C=O) groups excluding carboxylic acids is 2. The molecule has 4 nitrogen and oxygen atoms in total. The highest BCUT2D eigenvalue weighted by molar-refractivity contribution is 6.27. The van der Waals surface area contributed by atoms with E-state index in [0.717, 1.165) is 21.5 Å². The molecule has 0 saturated carbocycles. The lowest BCUT2D eigenvalue weighted by atomic mass is 9.92. The van der Waals surface area contributed by atoms with E-state index >= 15 is 0 Å². The normalized spacial score (nSPS) is 10.9. The van der Waals surface area contributed by atoms with E-state index in [1.54, 1.807) is 12.1 Å². The molecule has 0 aliphatic rings. The van der Waals surface area contributed by atoms with E-state index < -0.39 is 11.9 Å². The first kappa shape index (κ1) is 20.2. The predicted molar refractivity (Wildman–Crippen MR) is 120 cm³/mol. The van der Waals surface area contributed by atoms with Crippen LogP contribution in [0, 0.1) is 0 Å². The number of rotatable bonds is 5. The van der Waals surface area contributed by atoms with Crippen molar-refractivity contribution in [3.8, 4) is 22.6 Å². The molecular formula is C24H16Cl2O4. The lowest BCUT2D eigenvalue weighted by molar-refractivity contribution is -0.132. The van der Waals surface area contributed by atoms with Crippen molar-refractivity contribution in [2.45, 2.75) is 0 Å². The van der Waals surface area contributed by atoms with Gasteiger partial charge in [-0.2, -0.15) is 0 Å². The molecule has 4 aromatic carbocycles. The van der Waals surface area contributed by atoms with Crippen LogP contribution in [0.15, 0.2) is 72.8 Å². The number of halogens is 2. The van der Waals surface area contributed by atoms with Gasteiger partial charge in [-0.3, -0.25) is 9.59 Å². The predicted octanol–water partition coefficient (Wildman–Crippen LogP) is 5.95. The van der Waals surface area contributed by atoms with Gasteiger partial charge in [0.25, 0.3) is 0 Å². The third-order valence-corrected chi connectivity index (χ3v) is 5.13. The van der Waals surface area contributed by atoms with Crippen LogP contribution in [0.5, 0.6) is 11.5 Å². The number of hydrogen-bond donors (Lipinski definition) is 0. The lowest BCUT2D eigenvalue weighted by Crippen LogP contribution is -2.11. The fourth-order valence-electron chi connectivity index (χ4n) is 3.49. The zero-order valence-corrected chi connectivity index (χ0v) is 17.2. The van der Waals surface area contributed by atoms with Gasteiger partial charge in [0.15, 0.2) is 0 Å². The van der Waals surface area contributed by atoms with Crippen molar-refractivity contribution in [1.82, 2.24) is 0 Å². The molecule has 0 heterocycles. The Labute approximate surface area is 182 Å². The summed E-state index contributed by atoms with van der Waals surface area (Å²) in [4.78, 5) is 24.0. The average Bonchev–Trinajstić information content (AvgIpc) is 2.79. The maximum atomic E-state index is 12.0. The van der Waals surface area contributed by atoms with Crippen LogP contribution in [0.25, 0.3) is 32.7 Å². The molecule has 30 heavy (non-hydrogen) atoms. The molecule has 0 radical (unpaired) electrons. The molecule has 0 aromatic heterocycles. The zero-order valence-electron chi connectivity index (χ0n) is 15.7. The smallest absolute Gasteiger partial charge is 0.326 e. The lowest BCUT2D eigenvalue weighted by Gasteiger charge is -2.18. The highest BCUT2D eigenvalue weighted by Crippen LogP contribution is 2.45. The topological polar surface area (TPSA) is 52.6 Å². The van der Waals surface area contributed by atoms with Crippen molar-refractivity contribution < 1.29 is 19.1 Å². The molecule has 150 valence electrons. The standard InChI is InChI=1S/C24H16Cl2O4/c25-13-21(27)29-19-11-9-15-5-1-3-7-17(15)23(19)24-18-8-4-2-6-16(18)10-12-20(24)30-22(28)14-26/h1-12H,13-14H2. The molecule has 4 aromatic rings. The highest BCUT2D eigenvalue weighted by Gasteiger charge is 2.21. The Hall–Kier alpha value is -3.08. The summed E-state index contributed by atoms with van der Waals surface area (Å²) in [6, 6.07) is 22.6. The average molecular weight is 439 g/mol. The van der Waals surface area contributed by atoms with E-state index in [9.17, 15) is 9.59 Å². The Morgan fingerprint density at radius 3 is 1.40 bits per heavy atom. The number of ether oxygens (including phenoxy) is 2. The van der Waals surface area contributed by atoms with Gasteiger partial charge in [0.2, 0.25) is 0 Å². The summed E-state index contributed by atoms with van der Waals surface area (Å²) in [5.41, 5.74) is 1.28. The van der Waals surface area contributed by atoms with Gasteiger partial charge in [0.05, 0.1) is 0 Å². The third kappa shape index (κ3) is 3.84. The Balaban J connectivity index is 2.10. The van der Waals surface area contributed by atoms with Crippen molar-refractivity contribution in [3.63, 3.8) is 0 Å². The van der Waals surface area contributed by atoms with Crippen LogP contribution >= 0.6 is 23.2 Å². The Bertz CT molecular complexity index is 1170. The molecule has 0 aliphatic carbocycles. The van der Waals surface area contributed by atoms with Crippen molar-refractivity contribution in [2.75, 3.05) is 11.8 Å². The summed E-state index contributed by atoms with van der Waals surface area (Å²) in [6.45, 7) is 0. The Morgan fingerprint density at radius 2 is 1.00 bits per heavy atom. The van der Waals surface area contributed by atoms with E-state index in [4.69, 9.17) is 32.7 Å². The van der Waals surface area contributed by atoms with Gasteiger partial charge in [-0.1, -0.05) is 60.7 Å². The largest absolute Gasteiger partial charge is 0.425 e. The first-order chi connectivity index (χ1) is 14.6. The van der Waals surface area contributed by atoms with Crippen LogP contribution in [0.3, 0.4) is 0 Å². The van der Waals surface area contributed by atoms with Gasteiger partial charge in [0.1, 0.15) is 23.3 Å². The van der Waals surface area contributed by atoms with E-state index in [0.29, 0.717) is 22.6 Å². The van der Waals surface area contributed by atoms with E-state index in [2.05, 4.69) is 0 Å². The third-order valence-electron chi connectivity index (χ3n) is 4.70. The fraction of sp³-hybridized carbons (Fsp3) is 0.0833. The molecule has 0 bridgehead atoms. The van der Waals surface area contributed by atoms with Gasteiger partial charge in [-0.15, -0.1) is 23.2 Å². The molecule has 0 saturated heterocycles. The number of esters is 2. The minimum absolute atomic E-state index is 0.282. The van der Waals surface area contributed by atoms with Crippen LogP contribution in [0.2, 0.25) is 0 Å². The molecule has 4 rings (SSSR count). The maximum Gasteiger partial charge on any atom is 0.326 e.